The molecule has 0 amide bonds. The molecule has 126 valence electrons. The van der Waals surface area contributed by atoms with Crippen LogP contribution in [0, 0.1) is 0 Å². The topological polar surface area (TPSA) is 58.3 Å². The Morgan fingerprint density at radius 3 is 2.46 bits per heavy atom. The number of nitrogens with two attached hydrogens (primary N) is 1. The van der Waals surface area contributed by atoms with Crippen LogP contribution < -0.4 is 10.6 Å². The summed E-state index contributed by atoms with van der Waals surface area (Å²) >= 11 is 0. The van der Waals surface area contributed by atoms with E-state index in [9.17, 15) is 0 Å². The summed E-state index contributed by atoms with van der Waals surface area (Å²) in [7, 11) is 0. The minimum Gasteiger partial charge on any atom is -0.383 e. The first-order valence-electron chi connectivity index (χ1n) is 8.96. The molecule has 1 fully saturated rings. The molecule has 1 aromatic carbocycles. The second kappa shape index (κ2) is 6.77. The van der Waals surface area contributed by atoms with Crippen molar-refractivity contribution in [3.8, 4) is 0 Å². The molecule has 24 heavy (non-hydrogen) atoms. The Balaban J connectivity index is 1.42. The number of piperazine rings is 1. The van der Waals surface area contributed by atoms with Crippen molar-refractivity contribution in [2.24, 2.45) is 0 Å². The smallest absolute Gasteiger partial charge is 0.227 e. The molecule has 1 saturated heterocycles. The fourth-order valence-electron chi connectivity index (χ4n) is 3.70. The van der Waals surface area contributed by atoms with E-state index in [0.717, 1.165) is 51.5 Å². The van der Waals surface area contributed by atoms with E-state index in [4.69, 9.17) is 10.7 Å². The summed E-state index contributed by atoms with van der Waals surface area (Å²) < 4.78 is 0. The summed E-state index contributed by atoms with van der Waals surface area (Å²) in [5.41, 5.74) is 9.93. The quantitative estimate of drug-likeness (QED) is 0.939. The van der Waals surface area contributed by atoms with Gasteiger partial charge in [-0.05, 0) is 31.2 Å². The van der Waals surface area contributed by atoms with Crippen molar-refractivity contribution < 1.29 is 0 Å². The number of aromatic nitrogens is 2. The number of nitrogen functional groups attached to an aromatic ring is 1. The summed E-state index contributed by atoms with van der Waals surface area (Å²) in [4.78, 5) is 14.2. The molecule has 1 aliphatic carbocycles. The zero-order valence-corrected chi connectivity index (χ0v) is 14.1. The molecule has 0 bridgehead atoms. The summed E-state index contributed by atoms with van der Waals surface area (Å²) in [5, 5.41) is 0. The third-order valence-electron chi connectivity index (χ3n) is 5.11. The average molecular weight is 323 g/mol. The number of benzene rings is 1. The molecule has 5 heteroatoms. The maximum absolute atomic E-state index is 6.19. The monoisotopic (exact) mass is 323 g/mol. The van der Waals surface area contributed by atoms with Gasteiger partial charge in [0, 0.05) is 38.3 Å². The molecule has 2 aliphatic rings. The van der Waals surface area contributed by atoms with Crippen molar-refractivity contribution in [3.63, 3.8) is 0 Å². The Labute approximate surface area is 143 Å². The summed E-state index contributed by atoms with van der Waals surface area (Å²) in [6.07, 6.45) is 4.50. The van der Waals surface area contributed by atoms with Gasteiger partial charge in [0.1, 0.15) is 5.82 Å². The lowest BCUT2D eigenvalue weighted by atomic mass is 9.96. The van der Waals surface area contributed by atoms with Crippen molar-refractivity contribution >= 4 is 11.8 Å². The molecule has 0 unspecified atom stereocenters. The van der Waals surface area contributed by atoms with E-state index in [1.807, 2.05) is 0 Å². The Morgan fingerprint density at radius 2 is 1.67 bits per heavy atom. The first kappa shape index (κ1) is 15.4. The van der Waals surface area contributed by atoms with Gasteiger partial charge < -0.3 is 10.6 Å². The second-order valence-corrected chi connectivity index (χ2v) is 6.79. The van der Waals surface area contributed by atoms with Crippen LogP contribution in [0.5, 0.6) is 0 Å². The predicted octanol–water partition coefficient (Wildman–Crippen LogP) is 2.26. The molecule has 0 spiro atoms. The zero-order chi connectivity index (χ0) is 16.4. The fourth-order valence-corrected chi connectivity index (χ4v) is 3.70. The Hall–Kier alpha value is -2.14. The molecule has 2 heterocycles. The highest BCUT2D eigenvalue weighted by Gasteiger charge is 2.22. The van der Waals surface area contributed by atoms with Gasteiger partial charge >= 0.3 is 0 Å². The van der Waals surface area contributed by atoms with Crippen LogP contribution in [0.15, 0.2) is 30.3 Å². The first-order valence-corrected chi connectivity index (χ1v) is 8.96. The second-order valence-electron chi connectivity index (χ2n) is 6.79. The lowest BCUT2D eigenvalue weighted by molar-refractivity contribution is 0.248. The summed E-state index contributed by atoms with van der Waals surface area (Å²) in [6.45, 7) is 5.02. The molecule has 2 N–H and O–H groups in total. The maximum Gasteiger partial charge on any atom is 0.227 e. The van der Waals surface area contributed by atoms with Crippen LogP contribution in [0.25, 0.3) is 0 Å². The van der Waals surface area contributed by atoms with Crippen molar-refractivity contribution in [1.29, 1.82) is 0 Å². The van der Waals surface area contributed by atoms with Gasteiger partial charge in [-0.3, -0.25) is 4.90 Å². The number of aryl methyl sites for hydroxylation is 1. The number of nitrogens with zero attached hydrogens (tertiary/aromatic N) is 4. The number of rotatable bonds is 3. The molecule has 2 aromatic rings. The van der Waals surface area contributed by atoms with Crippen LogP contribution >= 0.6 is 0 Å². The highest BCUT2D eigenvalue weighted by Crippen LogP contribution is 2.26. The van der Waals surface area contributed by atoms with Crippen LogP contribution in [0.4, 0.5) is 11.8 Å². The first-order chi connectivity index (χ1) is 11.8. The molecular formula is C19H25N5. The number of hydrogen-bond acceptors (Lipinski definition) is 5. The molecule has 0 saturated carbocycles. The van der Waals surface area contributed by atoms with E-state index in [1.54, 1.807) is 0 Å². The predicted molar refractivity (Wildman–Crippen MR) is 97.0 cm³/mol. The van der Waals surface area contributed by atoms with Gasteiger partial charge in [-0.1, -0.05) is 30.3 Å². The van der Waals surface area contributed by atoms with Gasteiger partial charge in [-0.15, -0.1) is 0 Å². The largest absolute Gasteiger partial charge is 0.383 e. The highest BCUT2D eigenvalue weighted by atomic mass is 15.3. The van der Waals surface area contributed by atoms with Crippen LogP contribution in [0.3, 0.4) is 0 Å². The van der Waals surface area contributed by atoms with Crippen molar-refractivity contribution in [2.45, 2.75) is 32.2 Å². The van der Waals surface area contributed by atoms with E-state index < -0.39 is 0 Å². The third-order valence-corrected chi connectivity index (χ3v) is 5.11. The molecule has 4 rings (SSSR count). The Morgan fingerprint density at radius 1 is 0.917 bits per heavy atom. The molecular weight excluding hydrogens is 298 g/mol. The van der Waals surface area contributed by atoms with Crippen LogP contribution in [-0.2, 0) is 19.4 Å². The van der Waals surface area contributed by atoms with Gasteiger partial charge in [0.05, 0.1) is 5.69 Å². The van der Waals surface area contributed by atoms with E-state index in [1.165, 1.54) is 29.7 Å². The molecule has 0 atom stereocenters. The molecule has 1 aromatic heterocycles. The van der Waals surface area contributed by atoms with E-state index in [0.29, 0.717) is 5.82 Å². The minimum absolute atomic E-state index is 0.696. The van der Waals surface area contributed by atoms with Crippen molar-refractivity contribution in [3.05, 3.63) is 47.2 Å². The molecule has 1 aliphatic heterocycles. The van der Waals surface area contributed by atoms with E-state index >= 15 is 0 Å². The Bertz CT molecular complexity index is 692. The maximum atomic E-state index is 6.19. The average Bonchev–Trinajstić information content (AvgIpc) is 2.63. The number of hydrogen-bond donors (Lipinski definition) is 1. The van der Waals surface area contributed by atoms with Gasteiger partial charge in [-0.2, -0.15) is 4.98 Å². The van der Waals surface area contributed by atoms with Crippen molar-refractivity contribution in [1.82, 2.24) is 14.9 Å². The van der Waals surface area contributed by atoms with Gasteiger partial charge in [0.25, 0.3) is 0 Å². The zero-order valence-electron chi connectivity index (χ0n) is 14.1. The van der Waals surface area contributed by atoms with Crippen LogP contribution in [0.1, 0.15) is 29.7 Å². The Kier molecular flexibility index (Phi) is 4.34. The van der Waals surface area contributed by atoms with E-state index in [-0.39, 0.29) is 0 Å². The van der Waals surface area contributed by atoms with E-state index in [2.05, 4.69) is 45.1 Å². The van der Waals surface area contributed by atoms with Gasteiger partial charge in [0.2, 0.25) is 5.95 Å². The molecule has 0 radical (unpaired) electrons. The van der Waals surface area contributed by atoms with Crippen LogP contribution in [0.2, 0.25) is 0 Å². The van der Waals surface area contributed by atoms with Crippen LogP contribution in [-0.4, -0.2) is 41.0 Å². The highest BCUT2D eigenvalue weighted by molar-refractivity contribution is 5.49. The standard InChI is InChI=1S/C19H25N5/c20-18-16-8-4-5-9-17(16)21-19(22-18)24-12-10-23(11-13-24)14-15-6-2-1-3-7-15/h1-3,6-7H,4-5,8-14H2,(H2,20,21,22). The van der Waals surface area contributed by atoms with Crippen molar-refractivity contribution in [2.75, 3.05) is 36.8 Å². The lowest BCUT2D eigenvalue weighted by Gasteiger charge is -2.35. The fraction of sp³-hybridized carbons (Fsp3) is 0.474. The van der Waals surface area contributed by atoms with Gasteiger partial charge in [-0.25, -0.2) is 4.98 Å². The van der Waals surface area contributed by atoms with Gasteiger partial charge in [0.15, 0.2) is 0 Å². The number of anilines is 2. The third kappa shape index (κ3) is 3.22. The molecule has 5 nitrogen and oxygen atoms in total. The SMILES string of the molecule is Nc1nc(N2CCN(Cc3ccccc3)CC2)nc2c1CCCC2. The number of fused-ring (bicyclic) bond motifs is 1. The summed E-state index contributed by atoms with van der Waals surface area (Å²) in [5.74, 6) is 1.52. The lowest BCUT2D eigenvalue weighted by Crippen LogP contribution is -2.46. The minimum atomic E-state index is 0.696. The normalized spacial score (nSPS) is 18.4. The summed E-state index contributed by atoms with van der Waals surface area (Å²) in [6, 6.07) is 10.7.